The number of carbonyl (C=O) groups is 2. The van der Waals surface area contributed by atoms with Crippen molar-refractivity contribution in [2.45, 2.75) is 13.8 Å². The van der Waals surface area contributed by atoms with Crippen LogP contribution in [0.15, 0.2) is 66.7 Å². The fourth-order valence-corrected chi connectivity index (χ4v) is 3.62. The van der Waals surface area contributed by atoms with Gasteiger partial charge in [0.2, 0.25) is 0 Å². The lowest BCUT2D eigenvalue weighted by Crippen LogP contribution is -2.41. The maximum Gasteiger partial charge on any atom is 0.262 e. The molecule has 2 amide bonds. The maximum atomic E-state index is 12.8. The van der Waals surface area contributed by atoms with Gasteiger partial charge in [0.25, 0.3) is 11.8 Å². The Labute approximate surface area is 199 Å². The summed E-state index contributed by atoms with van der Waals surface area (Å²) in [6.45, 7) is 5.91. The monoisotopic (exact) mass is 460 g/mol. The lowest BCUT2D eigenvalue weighted by Gasteiger charge is -2.27. The molecule has 1 heterocycles. The fraction of sp³-hybridized carbons (Fsp3) is 0.259. The molecule has 1 aliphatic heterocycles. The van der Waals surface area contributed by atoms with Crippen molar-refractivity contribution in [3.05, 3.63) is 83.4 Å². The summed E-state index contributed by atoms with van der Waals surface area (Å²) in [6.07, 6.45) is 0. The van der Waals surface area contributed by atoms with E-state index in [-0.39, 0.29) is 18.4 Å². The molecule has 0 unspecified atom stereocenters. The van der Waals surface area contributed by atoms with Crippen molar-refractivity contribution >= 4 is 17.5 Å². The lowest BCUT2D eigenvalue weighted by molar-refractivity contribution is -0.118. The largest absolute Gasteiger partial charge is 0.484 e. The van der Waals surface area contributed by atoms with Gasteiger partial charge in [-0.1, -0.05) is 23.8 Å². The molecular formula is C27H28N2O5. The van der Waals surface area contributed by atoms with E-state index in [0.29, 0.717) is 49.1 Å². The van der Waals surface area contributed by atoms with Crippen LogP contribution in [0.2, 0.25) is 0 Å². The van der Waals surface area contributed by atoms with Crippen LogP contribution in [0, 0.1) is 13.8 Å². The molecule has 0 saturated carbocycles. The predicted octanol–water partition coefficient (Wildman–Crippen LogP) is 4.59. The molecule has 1 saturated heterocycles. The average molecular weight is 461 g/mol. The van der Waals surface area contributed by atoms with E-state index >= 15 is 0 Å². The molecule has 4 rings (SSSR count). The third-order valence-electron chi connectivity index (χ3n) is 5.59. The van der Waals surface area contributed by atoms with E-state index in [0.717, 1.165) is 11.3 Å². The number of aryl methyl sites for hydroxylation is 1. The molecule has 34 heavy (non-hydrogen) atoms. The molecule has 7 heteroatoms. The minimum absolute atomic E-state index is 0.0545. The number of anilines is 1. The summed E-state index contributed by atoms with van der Waals surface area (Å²) < 4.78 is 16.7. The molecule has 1 fully saturated rings. The number of benzene rings is 3. The summed E-state index contributed by atoms with van der Waals surface area (Å²) >= 11 is 0. The molecule has 0 spiro atoms. The number of nitrogens with one attached hydrogen (secondary N) is 1. The molecule has 176 valence electrons. The molecule has 7 nitrogen and oxygen atoms in total. The van der Waals surface area contributed by atoms with Crippen LogP contribution in [0.4, 0.5) is 5.69 Å². The summed E-state index contributed by atoms with van der Waals surface area (Å²) in [5.74, 6) is 1.63. The van der Waals surface area contributed by atoms with E-state index in [4.69, 9.17) is 14.2 Å². The number of ether oxygens (including phenoxy) is 3. The van der Waals surface area contributed by atoms with Crippen molar-refractivity contribution in [3.63, 3.8) is 0 Å². The van der Waals surface area contributed by atoms with Gasteiger partial charge in [0.05, 0.1) is 13.2 Å². The number of morpholine rings is 1. The Hall–Kier alpha value is -3.84. The third kappa shape index (κ3) is 5.94. The molecule has 0 bridgehead atoms. The number of rotatable bonds is 7. The van der Waals surface area contributed by atoms with Gasteiger partial charge in [-0.05, 0) is 67.9 Å². The molecule has 1 N–H and O–H groups in total. The molecule has 1 aliphatic rings. The van der Waals surface area contributed by atoms with Crippen molar-refractivity contribution in [1.29, 1.82) is 0 Å². The van der Waals surface area contributed by atoms with Crippen molar-refractivity contribution in [2.24, 2.45) is 0 Å². The Kier molecular flexibility index (Phi) is 7.44. The molecule has 0 radical (unpaired) electrons. The second kappa shape index (κ2) is 10.9. The second-order valence-corrected chi connectivity index (χ2v) is 8.11. The Morgan fingerprint density at radius 1 is 0.882 bits per heavy atom. The zero-order valence-corrected chi connectivity index (χ0v) is 19.4. The second-order valence-electron chi connectivity index (χ2n) is 8.11. The van der Waals surface area contributed by atoms with Crippen LogP contribution >= 0.6 is 0 Å². The van der Waals surface area contributed by atoms with Crippen LogP contribution in [0.25, 0.3) is 0 Å². The Morgan fingerprint density at radius 3 is 2.18 bits per heavy atom. The van der Waals surface area contributed by atoms with Crippen LogP contribution in [-0.2, 0) is 9.53 Å². The van der Waals surface area contributed by atoms with Gasteiger partial charge in [-0.25, -0.2) is 0 Å². The van der Waals surface area contributed by atoms with Gasteiger partial charge in [0, 0.05) is 24.3 Å². The summed E-state index contributed by atoms with van der Waals surface area (Å²) in [5.41, 5.74) is 3.06. The van der Waals surface area contributed by atoms with Crippen LogP contribution in [0.5, 0.6) is 17.2 Å². The van der Waals surface area contributed by atoms with E-state index in [2.05, 4.69) is 5.32 Å². The zero-order valence-electron chi connectivity index (χ0n) is 19.4. The highest BCUT2D eigenvalue weighted by Gasteiger charge is 2.21. The molecule has 3 aromatic carbocycles. The summed E-state index contributed by atoms with van der Waals surface area (Å²) in [4.78, 5) is 27.1. The van der Waals surface area contributed by atoms with E-state index in [1.165, 1.54) is 5.56 Å². The van der Waals surface area contributed by atoms with Gasteiger partial charge in [-0.2, -0.15) is 0 Å². The highest BCUT2D eigenvalue weighted by Crippen LogP contribution is 2.24. The first-order valence-corrected chi connectivity index (χ1v) is 11.2. The van der Waals surface area contributed by atoms with Gasteiger partial charge < -0.3 is 24.4 Å². The topological polar surface area (TPSA) is 77.1 Å². The summed E-state index contributed by atoms with van der Waals surface area (Å²) in [5, 5.41) is 2.84. The van der Waals surface area contributed by atoms with E-state index in [1.54, 1.807) is 47.4 Å². The number of carbonyl (C=O) groups excluding carboxylic acids is 2. The van der Waals surface area contributed by atoms with Crippen molar-refractivity contribution in [3.8, 4) is 17.2 Å². The quantitative estimate of drug-likeness (QED) is 0.558. The van der Waals surface area contributed by atoms with Crippen molar-refractivity contribution in [2.75, 3.05) is 38.2 Å². The van der Waals surface area contributed by atoms with Crippen LogP contribution < -0.4 is 14.8 Å². The van der Waals surface area contributed by atoms with Gasteiger partial charge in [0.15, 0.2) is 6.61 Å². The Balaban J connectivity index is 1.31. The number of hydrogen-bond donors (Lipinski definition) is 1. The molecular weight excluding hydrogens is 432 g/mol. The first kappa shape index (κ1) is 23.3. The molecule has 0 aliphatic carbocycles. The first-order valence-electron chi connectivity index (χ1n) is 11.2. The van der Waals surface area contributed by atoms with Gasteiger partial charge in [-0.3, -0.25) is 9.59 Å². The average Bonchev–Trinajstić information content (AvgIpc) is 2.86. The maximum absolute atomic E-state index is 12.8. The number of amides is 2. The van der Waals surface area contributed by atoms with Gasteiger partial charge >= 0.3 is 0 Å². The van der Waals surface area contributed by atoms with Gasteiger partial charge in [0.1, 0.15) is 17.2 Å². The van der Waals surface area contributed by atoms with Crippen LogP contribution in [-0.4, -0.2) is 49.6 Å². The first-order chi connectivity index (χ1) is 16.5. The summed E-state index contributed by atoms with van der Waals surface area (Å²) in [6, 6.07) is 20.2. The highest BCUT2D eigenvalue weighted by atomic mass is 16.5. The van der Waals surface area contributed by atoms with Crippen LogP contribution in [0.1, 0.15) is 21.5 Å². The molecule has 3 aromatic rings. The third-order valence-corrected chi connectivity index (χ3v) is 5.59. The smallest absolute Gasteiger partial charge is 0.262 e. The van der Waals surface area contributed by atoms with E-state index in [9.17, 15) is 9.59 Å². The Morgan fingerprint density at radius 2 is 1.50 bits per heavy atom. The van der Waals surface area contributed by atoms with Crippen molar-refractivity contribution < 1.29 is 23.8 Å². The SMILES string of the molecule is Cc1ccc(Oc2ccc(OCC(=O)Nc3cccc(C(=O)N4CCOCC4)c3C)cc2)cc1. The van der Waals surface area contributed by atoms with Crippen LogP contribution in [0.3, 0.4) is 0 Å². The predicted molar refractivity (Wildman–Crippen MR) is 130 cm³/mol. The standard InChI is InChI=1S/C27H28N2O5/c1-19-6-8-22(9-7-19)34-23-12-10-21(11-13-23)33-18-26(30)28-25-5-3-4-24(20(25)2)27(31)29-14-16-32-17-15-29/h3-13H,14-18H2,1-2H3,(H,28,30). The Bertz CT molecular complexity index is 1140. The molecule has 0 atom stereocenters. The normalized spacial score (nSPS) is 13.3. The lowest BCUT2D eigenvalue weighted by atomic mass is 10.0. The fourth-order valence-electron chi connectivity index (χ4n) is 3.62. The minimum atomic E-state index is -0.306. The molecule has 0 aromatic heterocycles. The van der Waals surface area contributed by atoms with Crippen molar-refractivity contribution in [1.82, 2.24) is 4.90 Å². The van der Waals surface area contributed by atoms with E-state index < -0.39 is 0 Å². The van der Waals surface area contributed by atoms with E-state index in [1.807, 2.05) is 38.1 Å². The highest BCUT2D eigenvalue weighted by molar-refractivity contribution is 5.99. The minimum Gasteiger partial charge on any atom is -0.484 e. The summed E-state index contributed by atoms with van der Waals surface area (Å²) in [7, 11) is 0. The number of hydrogen-bond acceptors (Lipinski definition) is 5. The zero-order chi connectivity index (χ0) is 23.9. The van der Waals surface area contributed by atoms with Gasteiger partial charge in [-0.15, -0.1) is 0 Å². The number of nitrogens with zero attached hydrogens (tertiary/aromatic N) is 1.